The van der Waals surface area contributed by atoms with Crippen LogP contribution in [0.4, 0.5) is 11.5 Å². The summed E-state index contributed by atoms with van der Waals surface area (Å²) in [5.74, 6) is 1.72. The molecule has 0 aliphatic rings. The van der Waals surface area contributed by atoms with Gasteiger partial charge in [0.15, 0.2) is 0 Å². The van der Waals surface area contributed by atoms with Crippen LogP contribution in [0.1, 0.15) is 33.6 Å². The van der Waals surface area contributed by atoms with Crippen LogP contribution in [0.5, 0.6) is 0 Å². The number of nitrogens with zero attached hydrogens (tertiary/aromatic N) is 2. The molecule has 1 aromatic heterocycles. The molecule has 0 saturated heterocycles. The van der Waals surface area contributed by atoms with Crippen molar-refractivity contribution in [3.05, 3.63) is 18.3 Å². The summed E-state index contributed by atoms with van der Waals surface area (Å²) in [6.07, 6.45) is 4.21. The van der Waals surface area contributed by atoms with Gasteiger partial charge in [-0.2, -0.15) is 0 Å². The first kappa shape index (κ1) is 13.8. The zero-order valence-electron chi connectivity index (χ0n) is 11.5. The zero-order valence-corrected chi connectivity index (χ0v) is 11.5. The van der Waals surface area contributed by atoms with Crippen LogP contribution in [0.15, 0.2) is 18.3 Å². The molecule has 1 N–H and O–H groups in total. The van der Waals surface area contributed by atoms with E-state index >= 15 is 0 Å². The van der Waals surface area contributed by atoms with E-state index in [1.54, 1.807) is 0 Å². The van der Waals surface area contributed by atoms with Crippen LogP contribution in [-0.4, -0.2) is 25.1 Å². The highest BCUT2D eigenvalue weighted by atomic mass is 15.1. The Hall–Kier alpha value is -1.25. The van der Waals surface area contributed by atoms with Crippen molar-refractivity contribution in [2.45, 2.75) is 33.6 Å². The standard InChI is InChI=1S/C14H25N3/c1-5-8-15-14-11-13(6-9-16-14)17(4)10-7-12(2)3/h6,9,11-12H,5,7-8,10H2,1-4H3,(H,15,16). The molecule has 3 nitrogen and oxygen atoms in total. The van der Waals surface area contributed by atoms with Crippen molar-refractivity contribution in [2.24, 2.45) is 5.92 Å². The lowest BCUT2D eigenvalue weighted by Gasteiger charge is -2.20. The van der Waals surface area contributed by atoms with Gasteiger partial charge >= 0.3 is 0 Å². The highest BCUT2D eigenvalue weighted by molar-refractivity contribution is 5.53. The van der Waals surface area contributed by atoms with E-state index in [0.717, 1.165) is 31.2 Å². The van der Waals surface area contributed by atoms with E-state index in [1.807, 2.05) is 6.20 Å². The molecule has 0 amide bonds. The van der Waals surface area contributed by atoms with Gasteiger partial charge in [-0.1, -0.05) is 20.8 Å². The topological polar surface area (TPSA) is 28.2 Å². The molecule has 0 atom stereocenters. The summed E-state index contributed by atoms with van der Waals surface area (Å²) >= 11 is 0. The molecule has 0 bridgehead atoms. The predicted octanol–water partition coefficient (Wildman–Crippen LogP) is 3.39. The Bertz CT molecular complexity index is 323. The maximum atomic E-state index is 4.32. The third-order valence-corrected chi connectivity index (χ3v) is 2.78. The summed E-state index contributed by atoms with van der Waals surface area (Å²) in [4.78, 5) is 6.61. The average Bonchev–Trinajstić information content (AvgIpc) is 2.33. The molecule has 1 aromatic rings. The molecule has 0 aromatic carbocycles. The lowest BCUT2D eigenvalue weighted by Crippen LogP contribution is -2.20. The fourth-order valence-electron chi connectivity index (χ4n) is 1.59. The lowest BCUT2D eigenvalue weighted by molar-refractivity contribution is 0.585. The van der Waals surface area contributed by atoms with Crippen LogP contribution >= 0.6 is 0 Å². The minimum absolute atomic E-state index is 0.747. The van der Waals surface area contributed by atoms with Crippen molar-refractivity contribution in [3.63, 3.8) is 0 Å². The molecule has 3 heteroatoms. The van der Waals surface area contributed by atoms with Crippen molar-refractivity contribution < 1.29 is 0 Å². The lowest BCUT2D eigenvalue weighted by atomic mass is 10.1. The van der Waals surface area contributed by atoms with Gasteiger partial charge in [-0.3, -0.25) is 0 Å². The molecule has 17 heavy (non-hydrogen) atoms. The van der Waals surface area contributed by atoms with Crippen LogP contribution in [0, 0.1) is 5.92 Å². The second kappa shape index (κ2) is 7.15. The fraction of sp³-hybridized carbons (Fsp3) is 0.643. The quantitative estimate of drug-likeness (QED) is 0.785. The van der Waals surface area contributed by atoms with E-state index in [4.69, 9.17) is 0 Å². The minimum atomic E-state index is 0.747. The Morgan fingerprint density at radius 1 is 1.41 bits per heavy atom. The first-order valence-electron chi connectivity index (χ1n) is 6.54. The summed E-state index contributed by atoms with van der Waals surface area (Å²) in [5.41, 5.74) is 1.24. The second-order valence-electron chi connectivity index (χ2n) is 4.93. The molecular weight excluding hydrogens is 210 g/mol. The van der Waals surface area contributed by atoms with Gasteiger partial charge in [-0.05, 0) is 24.8 Å². The van der Waals surface area contributed by atoms with Gasteiger partial charge < -0.3 is 10.2 Å². The van der Waals surface area contributed by atoms with E-state index in [-0.39, 0.29) is 0 Å². The summed E-state index contributed by atoms with van der Waals surface area (Å²) in [6, 6.07) is 4.19. The zero-order chi connectivity index (χ0) is 12.7. The molecule has 0 spiro atoms. The number of anilines is 2. The van der Waals surface area contributed by atoms with Gasteiger partial charge in [0.05, 0.1) is 0 Å². The van der Waals surface area contributed by atoms with Gasteiger partial charge in [0.1, 0.15) is 5.82 Å². The van der Waals surface area contributed by atoms with Gasteiger partial charge in [0.25, 0.3) is 0 Å². The highest BCUT2D eigenvalue weighted by Gasteiger charge is 2.03. The van der Waals surface area contributed by atoms with Crippen molar-refractivity contribution >= 4 is 11.5 Å². The third-order valence-electron chi connectivity index (χ3n) is 2.78. The number of hydrogen-bond acceptors (Lipinski definition) is 3. The maximum Gasteiger partial charge on any atom is 0.127 e. The van der Waals surface area contributed by atoms with Crippen LogP contribution in [0.25, 0.3) is 0 Å². The Morgan fingerprint density at radius 2 is 2.18 bits per heavy atom. The summed E-state index contributed by atoms with van der Waals surface area (Å²) in [5, 5.41) is 3.32. The molecule has 0 fully saturated rings. The highest BCUT2D eigenvalue weighted by Crippen LogP contribution is 2.17. The second-order valence-corrected chi connectivity index (χ2v) is 4.93. The first-order valence-corrected chi connectivity index (χ1v) is 6.54. The van der Waals surface area contributed by atoms with Gasteiger partial charge in [0, 0.05) is 38.1 Å². The van der Waals surface area contributed by atoms with Crippen molar-refractivity contribution in [2.75, 3.05) is 30.4 Å². The van der Waals surface area contributed by atoms with Crippen molar-refractivity contribution in [1.29, 1.82) is 0 Å². The molecule has 0 aliphatic carbocycles. The van der Waals surface area contributed by atoms with E-state index < -0.39 is 0 Å². The van der Waals surface area contributed by atoms with Gasteiger partial charge in [-0.25, -0.2) is 4.98 Å². The Kier molecular flexibility index (Phi) is 5.81. The number of pyridine rings is 1. The summed E-state index contributed by atoms with van der Waals surface area (Å²) in [7, 11) is 2.14. The summed E-state index contributed by atoms with van der Waals surface area (Å²) in [6.45, 7) is 8.75. The van der Waals surface area contributed by atoms with E-state index in [9.17, 15) is 0 Å². The number of hydrogen-bond donors (Lipinski definition) is 1. The van der Waals surface area contributed by atoms with E-state index in [1.165, 1.54) is 12.1 Å². The SMILES string of the molecule is CCCNc1cc(N(C)CCC(C)C)ccn1. The van der Waals surface area contributed by atoms with Crippen LogP contribution < -0.4 is 10.2 Å². The Labute approximate surface area is 105 Å². The molecule has 0 saturated carbocycles. The van der Waals surface area contributed by atoms with Crippen molar-refractivity contribution in [3.8, 4) is 0 Å². The monoisotopic (exact) mass is 235 g/mol. The summed E-state index contributed by atoms with van der Waals surface area (Å²) < 4.78 is 0. The average molecular weight is 235 g/mol. The van der Waals surface area contributed by atoms with Gasteiger partial charge in [-0.15, -0.1) is 0 Å². The fourth-order valence-corrected chi connectivity index (χ4v) is 1.59. The van der Waals surface area contributed by atoms with Crippen LogP contribution in [-0.2, 0) is 0 Å². The predicted molar refractivity (Wildman–Crippen MR) is 75.7 cm³/mol. The Morgan fingerprint density at radius 3 is 2.82 bits per heavy atom. The van der Waals surface area contributed by atoms with E-state index in [0.29, 0.717) is 0 Å². The van der Waals surface area contributed by atoms with Crippen LogP contribution in [0.3, 0.4) is 0 Å². The molecule has 1 heterocycles. The normalized spacial score (nSPS) is 10.6. The molecule has 1 rings (SSSR count). The smallest absolute Gasteiger partial charge is 0.127 e. The Balaban J connectivity index is 2.57. The molecular formula is C14H25N3. The molecule has 96 valence electrons. The van der Waals surface area contributed by atoms with Crippen molar-refractivity contribution in [1.82, 2.24) is 4.98 Å². The number of nitrogens with one attached hydrogen (secondary N) is 1. The van der Waals surface area contributed by atoms with Crippen LogP contribution in [0.2, 0.25) is 0 Å². The number of aromatic nitrogens is 1. The third kappa shape index (κ3) is 5.07. The van der Waals surface area contributed by atoms with Gasteiger partial charge in [0.2, 0.25) is 0 Å². The maximum absolute atomic E-state index is 4.32. The molecule has 0 aliphatic heterocycles. The molecule has 0 radical (unpaired) electrons. The first-order chi connectivity index (χ1) is 8.13. The van der Waals surface area contributed by atoms with E-state index in [2.05, 4.69) is 55.2 Å². The minimum Gasteiger partial charge on any atom is -0.374 e. The largest absolute Gasteiger partial charge is 0.374 e. The number of rotatable bonds is 7. The molecule has 0 unspecified atom stereocenters.